The Morgan fingerprint density at radius 3 is 2.42 bits per heavy atom. The molecule has 0 saturated carbocycles. The second-order valence-electron chi connectivity index (χ2n) is 7.03. The molecule has 26 heavy (non-hydrogen) atoms. The summed E-state index contributed by atoms with van der Waals surface area (Å²) in [5.74, 6) is -4.06. The number of hydrogen-bond donors (Lipinski definition) is 1. The SMILES string of the molecule is CC(C)(C)C(=O)C1=C(O)C(=O)N(c2ccc(F)c(F)c2)C1c1ccco1. The first-order valence-corrected chi connectivity index (χ1v) is 7.93. The van der Waals surface area contributed by atoms with E-state index in [0.29, 0.717) is 0 Å². The van der Waals surface area contributed by atoms with E-state index in [9.17, 15) is 23.5 Å². The summed E-state index contributed by atoms with van der Waals surface area (Å²) >= 11 is 0. The van der Waals surface area contributed by atoms with E-state index < -0.39 is 40.5 Å². The van der Waals surface area contributed by atoms with Gasteiger partial charge >= 0.3 is 0 Å². The van der Waals surface area contributed by atoms with Gasteiger partial charge in [-0.25, -0.2) is 8.78 Å². The van der Waals surface area contributed by atoms with Crippen molar-refractivity contribution >= 4 is 17.4 Å². The number of ketones is 1. The van der Waals surface area contributed by atoms with Crippen LogP contribution in [0, 0.1) is 17.0 Å². The van der Waals surface area contributed by atoms with Gasteiger partial charge in [0.05, 0.1) is 11.8 Å². The van der Waals surface area contributed by atoms with Crippen LogP contribution in [0.1, 0.15) is 32.6 Å². The van der Waals surface area contributed by atoms with Crippen LogP contribution in [-0.4, -0.2) is 16.8 Å². The molecule has 5 nitrogen and oxygen atoms in total. The predicted molar refractivity (Wildman–Crippen MR) is 89.4 cm³/mol. The molecule has 0 spiro atoms. The summed E-state index contributed by atoms with van der Waals surface area (Å²) in [4.78, 5) is 26.5. The average molecular weight is 361 g/mol. The van der Waals surface area contributed by atoms with E-state index in [4.69, 9.17) is 4.42 Å². The minimum atomic E-state index is -1.15. The third-order valence-electron chi connectivity index (χ3n) is 4.13. The van der Waals surface area contributed by atoms with Gasteiger partial charge in [-0.2, -0.15) is 0 Å². The normalized spacial score (nSPS) is 18.0. The van der Waals surface area contributed by atoms with Gasteiger partial charge < -0.3 is 9.52 Å². The predicted octanol–water partition coefficient (Wildman–Crippen LogP) is 4.07. The smallest absolute Gasteiger partial charge is 0.294 e. The maximum absolute atomic E-state index is 13.7. The van der Waals surface area contributed by atoms with Crippen LogP contribution in [0.3, 0.4) is 0 Å². The first kappa shape index (κ1) is 17.8. The summed E-state index contributed by atoms with van der Waals surface area (Å²) < 4.78 is 32.3. The van der Waals surface area contributed by atoms with Crippen LogP contribution in [0.4, 0.5) is 14.5 Å². The van der Waals surface area contributed by atoms with Crippen LogP contribution in [-0.2, 0) is 9.59 Å². The lowest BCUT2D eigenvalue weighted by molar-refractivity contribution is -0.123. The molecule has 1 aromatic carbocycles. The minimum Gasteiger partial charge on any atom is -0.503 e. The molecule has 1 atom stereocenters. The molecule has 2 heterocycles. The van der Waals surface area contributed by atoms with Gasteiger partial charge in [-0.15, -0.1) is 0 Å². The minimum absolute atomic E-state index is 0.00133. The zero-order valence-electron chi connectivity index (χ0n) is 14.4. The average Bonchev–Trinajstić information content (AvgIpc) is 3.17. The van der Waals surface area contributed by atoms with Gasteiger partial charge in [0.1, 0.15) is 11.8 Å². The second kappa shape index (κ2) is 6.09. The van der Waals surface area contributed by atoms with E-state index in [0.717, 1.165) is 17.0 Å². The van der Waals surface area contributed by atoms with Crippen LogP contribution >= 0.6 is 0 Å². The topological polar surface area (TPSA) is 70.8 Å². The number of furan rings is 1. The summed E-state index contributed by atoms with van der Waals surface area (Å²) in [6, 6.07) is 4.94. The third-order valence-corrected chi connectivity index (χ3v) is 4.13. The van der Waals surface area contributed by atoms with Crippen LogP contribution in [0.5, 0.6) is 0 Å². The number of carbonyl (C=O) groups is 2. The summed E-state index contributed by atoms with van der Waals surface area (Å²) in [5, 5.41) is 10.4. The molecule has 3 rings (SSSR count). The van der Waals surface area contributed by atoms with Gasteiger partial charge in [0.2, 0.25) is 0 Å². The van der Waals surface area contributed by atoms with Crippen molar-refractivity contribution in [3.05, 3.63) is 65.3 Å². The number of anilines is 1. The van der Waals surface area contributed by atoms with E-state index in [-0.39, 0.29) is 17.0 Å². The number of amides is 1. The third kappa shape index (κ3) is 2.79. The zero-order valence-corrected chi connectivity index (χ0v) is 14.4. The number of rotatable bonds is 3. The molecule has 0 radical (unpaired) electrons. The van der Waals surface area contributed by atoms with E-state index in [1.54, 1.807) is 32.9 Å². The Morgan fingerprint density at radius 1 is 1.19 bits per heavy atom. The van der Waals surface area contributed by atoms with Crippen molar-refractivity contribution in [2.45, 2.75) is 26.8 Å². The Labute approximate surface area is 148 Å². The summed E-state index contributed by atoms with van der Waals surface area (Å²) in [6.07, 6.45) is 1.36. The van der Waals surface area contributed by atoms with E-state index in [1.165, 1.54) is 12.3 Å². The Hall–Kier alpha value is -2.96. The summed E-state index contributed by atoms with van der Waals surface area (Å²) in [6.45, 7) is 4.96. The maximum atomic E-state index is 13.7. The monoisotopic (exact) mass is 361 g/mol. The molecule has 1 aromatic heterocycles. The molecule has 0 aliphatic carbocycles. The quantitative estimate of drug-likeness (QED) is 0.894. The number of carbonyl (C=O) groups excluding carboxylic acids is 2. The Kier molecular flexibility index (Phi) is 4.18. The standard InChI is InChI=1S/C19H17F2NO4/c1-19(2,3)17(24)14-15(13-5-4-8-26-13)22(18(25)16(14)23)10-6-7-11(20)12(21)9-10/h4-9,15,23H,1-3H3. The van der Waals surface area contributed by atoms with Crippen LogP contribution in [0.15, 0.2) is 52.3 Å². The number of benzene rings is 1. The molecular formula is C19H17F2NO4. The lowest BCUT2D eigenvalue weighted by Gasteiger charge is -2.27. The van der Waals surface area contributed by atoms with Crippen LogP contribution < -0.4 is 4.90 Å². The molecule has 0 saturated heterocycles. The number of hydrogen-bond acceptors (Lipinski definition) is 4. The highest BCUT2D eigenvalue weighted by molar-refractivity contribution is 6.17. The number of Topliss-reactive ketones (excluding diaryl/α,β-unsaturated/α-hetero) is 1. The largest absolute Gasteiger partial charge is 0.503 e. The molecule has 7 heteroatoms. The van der Waals surface area contributed by atoms with Crippen molar-refractivity contribution in [1.29, 1.82) is 0 Å². The molecule has 1 unspecified atom stereocenters. The Morgan fingerprint density at radius 2 is 1.88 bits per heavy atom. The second-order valence-corrected chi connectivity index (χ2v) is 7.03. The fourth-order valence-electron chi connectivity index (χ4n) is 2.86. The van der Waals surface area contributed by atoms with E-state index in [2.05, 4.69) is 0 Å². The molecule has 0 bridgehead atoms. The first-order valence-electron chi connectivity index (χ1n) is 7.93. The Bertz CT molecular complexity index is 910. The highest BCUT2D eigenvalue weighted by Crippen LogP contribution is 2.43. The number of halogens is 2. The Balaban J connectivity index is 2.18. The van der Waals surface area contributed by atoms with Crippen molar-refractivity contribution in [2.24, 2.45) is 5.41 Å². The van der Waals surface area contributed by atoms with Crippen molar-refractivity contribution in [3.63, 3.8) is 0 Å². The van der Waals surface area contributed by atoms with Gasteiger partial charge in [-0.05, 0) is 24.3 Å². The molecular weight excluding hydrogens is 344 g/mol. The van der Waals surface area contributed by atoms with Gasteiger partial charge in [-0.3, -0.25) is 14.5 Å². The summed E-state index contributed by atoms with van der Waals surface area (Å²) in [5.41, 5.74) is -1.01. The van der Waals surface area contributed by atoms with Gasteiger partial charge in [0.15, 0.2) is 23.2 Å². The summed E-state index contributed by atoms with van der Waals surface area (Å²) in [7, 11) is 0. The van der Waals surface area contributed by atoms with Crippen LogP contribution in [0.2, 0.25) is 0 Å². The lowest BCUT2D eigenvalue weighted by Crippen LogP contribution is -2.32. The molecule has 1 aliphatic heterocycles. The van der Waals surface area contributed by atoms with E-state index in [1.807, 2.05) is 0 Å². The van der Waals surface area contributed by atoms with Crippen molar-refractivity contribution in [1.82, 2.24) is 0 Å². The van der Waals surface area contributed by atoms with Gasteiger partial charge in [0.25, 0.3) is 5.91 Å². The molecule has 2 aromatic rings. The number of aliphatic hydroxyl groups excluding tert-OH is 1. The number of aliphatic hydroxyl groups is 1. The van der Waals surface area contributed by atoms with E-state index >= 15 is 0 Å². The van der Waals surface area contributed by atoms with Crippen molar-refractivity contribution in [2.75, 3.05) is 4.90 Å². The highest BCUT2D eigenvalue weighted by atomic mass is 19.2. The lowest BCUT2D eigenvalue weighted by atomic mass is 9.83. The van der Waals surface area contributed by atoms with Gasteiger partial charge in [0, 0.05) is 17.2 Å². The maximum Gasteiger partial charge on any atom is 0.294 e. The molecule has 136 valence electrons. The zero-order chi connectivity index (χ0) is 19.2. The molecule has 1 aliphatic rings. The molecule has 1 N–H and O–H groups in total. The fourth-order valence-corrected chi connectivity index (χ4v) is 2.86. The number of nitrogens with zero attached hydrogens (tertiary/aromatic N) is 1. The van der Waals surface area contributed by atoms with Crippen LogP contribution in [0.25, 0.3) is 0 Å². The van der Waals surface area contributed by atoms with Gasteiger partial charge in [-0.1, -0.05) is 20.8 Å². The fraction of sp³-hybridized carbons (Fsp3) is 0.263. The first-order chi connectivity index (χ1) is 12.1. The molecule has 0 fully saturated rings. The highest BCUT2D eigenvalue weighted by Gasteiger charge is 2.48. The van der Waals surface area contributed by atoms with Crippen molar-refractivity contribution in [3.8, 4) is 0 Å². The van der Waals surface area contributed by atoms with Crippen molar-refractivity contribution < 1.29 is 27.9 Å². The molecule has 1 amide bonds.